The summed E-state index contributed by atoms with van der Waals surface area (Å²) in [4.78, 5) is 22.5. The third-order valence-electron chi connectivity index (χ3n) is 5.18. The van der Waals surface area contributed by atoms with E-state index in [0.717, 1.165) is 5.56 Å². The van der Waals surface area contributed by atoms with E-state index in [2.05, 4.69) is 15.3 Å². The lowest BCUT2D eigenvalue weighted by Gasteiger charge is -2.35. The van der Waals surface area contributed by atoms with Gasteiger partial charge in [0.2, 0.25) is 0 Å². The first kappa shape index (κ1) is 21.1. The summed E-state index contributed by atoms with van der Waals surface area (Å²) in [5, 5.41) is 3.80. The molecule has 1 aliphatic heterocycles. The van der Waals surface area contributed by atoms with Crippen LogP contribution in [0.25, 0.3) is 10.9 Å². The predicted molar refractivity (Wildman–Crippen MR) is 114 cm³/mol. The number of nitrogens with one attached hydrogen (secondary N) is 1. The van der Waals surface area contributed by atoms with Crippen LogP contribution in [0.4, 0.5) is 14.6 Å². The largest absolute Gasteiger partial charge is 0.372 e. The molecule has 6 nitrogen and oxygen atoms in total. The zero-order valence-corrected chi connectivity index (χ0v) is 17.4. The summed E-state index contributed by atoms with van der Waals surface area (Å²) in [5.41, 5.74) is 1.98. The number of nitrogens with zero attached hydrogens (tertiary/aromatic N) is 3. The quantitative estimate of drug-likeness (QED) is 0.654. The van der Waals surface area contributed by atoms with Crippen LogP contribution in [0.15, 0.2) is 48.5 Å². The van der Waals surface area contributed by atoms with Crippen molar-refractivity contribution in [1.29, 1.82) is 0 Å². The smallest absolute Gasteiger partial charge is 0.297 e. The fourth-order valence-corrected chi connectivity index (χ4v) is 3.80. The number of amides is 1. The van der Waals surface area contributed by atoms with Gasteiger partial charge in [-0.3, -0.25) is 4.79 Å². The zero-order chi connectivity index (χ0) is 22.0. The van der Waals surface area contributed by atoms with Gasteiger partial charge in [-0.1, -0.05) is 24.3 Å². The summed E-state index contributed by atoms with van der Waals surface area (Å²) in [6, 6.07) is 14.3. The Morgan fingerprint density at radius 1 is 1.10 bits per heavy atom. The number of rotatable bonds is 5. The number of alkyl halides is 2. The minimum Gasteiger partial charge on any atom is -0.372 e. The van der Waals surface area contributed by atoms with Gasteiger partial charge >= 0.3 is 0 Å². The summed E-state index contributed by atoms with van der Waals surface area (Å²) in [7, 11) is 0. The van der Waals surface area contributed by atoms with E-state index in [9.17, 15) is 13.6 Å². The second-order valence-corrected chi connectivity index (χ2v) is 7.77. The first-order valence-corrected chi connectivity index (χ1v) is 10.2. The Hall–Kier alpha value is -3.13. The second-order valence-electron chi connectivity index (χ2n) is 7.77. The minimum absolute atomic E-state index is 0.0111. The molecule has 4 rings (SSSR count). The van der Waals surface area contributed by atoms with E-state index in [4.69, 9.17) is 4.74 Å². The van der Waals surface area contributed by atoms with Gasteiger partial charge in [0.25, 0.3) is 12.3 Å². The van der Waals surface area contributed by atoms with Gasteiger partial charge in [-0.15, -0.1) is 0 Å². The molecule has 1 aromatic heterocycles. The number of ether oxygens (including phenoxy) is 1. The monoisotopic (exact) mass is 426 g/mol. The number of hydrogen-bond donors (Lipinski definition) is 1. The van der Waals surface area contributed by atoms with Crippen LogP contribution in [0.5, 0.6) is 0 Å². The molecule has 1 saturated heterocycles. The maximum atomic E-state index is 13.2. The molecule has 2 heterocycles. The summed E-state index contributed by atoms with van der Waals surface area (Å²) in [6.07, 6.45) is -2.73. The van der Waals surface area contributed by atoms with Crippen molar-refractivity contribution >= 4 is 22.6 Å². The molecule has 0 bridgehead atoms. The summed E-state index contributed by atoms with van der Waals surface area (Å²) in [5.74, 6) is -0.168. The van der Waals surface area contributed by atoms with Gasteiger partial charge in [-0.05, 0) is 43.7 Å². The Balaban J connectivity index is 1.47. The van der Waals surface area contributed by atoms with Crippen molar-refractivity contribution in [3.05, 3.63) is 65.5 Å². The van der Waals surface area contributed by atoms with Gasteiger partial charge in [0.1, 0.15) is 5.82 Å². The topological polar surface area (TPSA) is 67.4 Å². The van der Waals surface area contributed by atoms with Gasteiger partial charge in [-0.25, -0.2) is 18.7 Å². The molecule has 31 heavy (non-hydrogen) atoms. The highest BCUT2D eigenvalue weighted by Gasteiger charge is 2.26. The van der Waals surface area contributed by atoms with Crippen molar-refractivity contribution in [3.63, 3.8) is 0 Å². The van der Waals surface area contributed by atoms with Crippen LogP contribution >= 0.6 is 0 Å². The molecule has 2 atom stereocenters. The summed E-state index contributed by atoms with van der Waals surface area (Å²) in [6.45, 7) is 5.44. The predicted octanol–water partition coefficient (Wildman–Crippen LogP) is 4.43. The molecule has 2 aromatic carbocycles. The maximum absolute atomic E-state index is 13.2. The standard InChI is InChI=1S/C23H24F2N4O2/c1-14-12-29(13-15(2)31-14)23(30)17-9-7-16(8-10-17)11-26-21-18-5-3-4-6-19(18)27-22(28-21)20(24)25/h3-10,14-15,20H,11-13H2,1-2H3,(H,26,27,28). The third kappa shape index (κ3) is 4.80. The van der Waals surface area contributed by atoms with Crippen molar-refractivity contribution in [2.24, 2.45) is 0 Å². The molecule has 162 valence electrons. The van der Waals surface area contributed by atoms with Crippen LogP contribution in [-0.2, 0) is 11.3 Å². The molecule has 0 spiro atoms. The normalized spacial score (nSPS) is 19.1. The van der Waals surface area contributed by atoms with E-state index in [1.54, 1.807) is 30.3 Å². The van der Waals surface area contributed by atoms with E-state index in [1.165, 1.54) is 0 Å². The third-order valence-corrected chi connectivity index (χ3v) is 5.18. The highest BCUT2D eigenvalue weighted by Crippen LogP contribution is 2.25. The molecule has 0 radical (unpaired) electrons. The molecule has 2 unspecified atom stereocenters. The number of benzene rings is 2. The minimum atomic E-state index is -2.75. The number of hydrogen-bond acceptors (Lipinski definition) is 5. The molecule has 0 saturated carbocycles. The van der Waals surface area contributed by atoms with Crippen molar-refractivity contribution in [3.8, 4) is 0 Å². The van der Waals surface area contributed by atoms with E-state index in [0.29, 0.717) is 41.9 Å². The average Bonchev–Trinajstić information content (AvgIpc) is 2.76. The molecule has 1 fully saturated rings. The van der Waals surface area contributed by atoms with E-state index in [-0.39, 0.29) is 18.1 Å². The Morgan fingerprint density at radius 2 is 1.77 bits per heavy atom. The average molecular weight is 426 g/mol. The highest BCUT2D eigenvalue weighted by molar-refractivity contribution is 5.94. The lowest BCUT2D eigenvalue weighted by molar-refractivity contribution is -0.0586. The summed E-state index contributed by atoms with van der Waals surface area (Å²) < 4.78 is 32.0. The molecule has 1 N–H and O–H groups in total. The molecular weight excluding hydrogens is 402 g/mol. The number of carbonyl (C=O) groups excluding carboxylic acids is 1. The van der Waals surface area contributed by atoms with Crippen molar-refractivity contribution in [1.82, 2.24) is 14.9 Å². The van der Waals surface area contributed by atoms with Crippen molar-refractivity contribution < 1.29 is 18.3 Å². The highest BCUT2D eigenvalue weighted by atomic mass is 19.3. The molecular formula is C23H24F2N4O2. The van der Waals surface area contributed by atoms with Crippen LogP contribution in [0.1, 0.15) is 42.0 Å². The van der Waals surface area contributed by atoms with E-state index >= 15 is 0 Å². The van der Waals surface area contributed by atoms with Crippen LogP contribution in [-0.4, -0.2) is 46.1 Å². The van der Waals surface area contributed by atoms with Crippen molar-refractivity contribution in [2.75, 3.05) is 18.4 Å². The fraction of sp³-hybridized carbons (Fsp3) is 0.348. The Labute approximate surface area is 179 Å². The lowest BCUT2D eigenvalue weighted by Crippen LogP contribution is -2.48. The number of morpholine rings is 1. The number of aromatic nitrogens is 2. The molecule has 1 amide bonds. The number of carbonyl (C=O) groups is 1. The van der Waals surface area contributed by atoms with E-state index in [1.807, 2.05) is 36.9 Å². The SMILES string of the molecule is CC1CN(C(=O)c2ccc(CNc3nc(C(F)F)nc4ccccc34)cc2)CC(C)O1. The Kier molecular flexibility index (Phi) is 6.08. The van der Waals surface area contributed by atoms with Crippen molar-refractivity contribution in [2.45, 2.75) is 39.0 Å². The van der Waals surface area contributed by atoms with E-state index < -0.39 is 12.2 Å². The van der Waals surface area contributed by atoms with Crippen LogP contribution in [0, 0.1) is 0 Å². The van der Waals surface area contributed by atoms with Gasteiger partial charge in [0.15, 0.2) is 5.82 Å². The van der Waals surface area contributed by atoms with Gasteiger partial charge < -0.3 is 15.0 Å². The van der Waals surface area contributed by atoms with Gasteiger partial charge in [-0.2, -0.15) is 0 Å². The Morgan fingerprint density at radius 3 is 2.45 bits per heavy atom. The molecule has 8 heteroatoms. The first-order valence-electron chi connectivity index (χ1n) is 10.2. The van der Waals surface area contributed by atoms with Crippen LogP contribution in [0.2, 0.25) is 0 Å². The Bertz CT molecular complexity index is 1060. The maximum Gasteiger partial charge on any atom is 0.297 e. The summed E-state index contributed by atoms with van der Waals surface area (Å²) >= 11 is 0. The van der Waals surface area contributed by atoms with Crippen LogP contribution < -0.4 is 5.32 Å². The van der Waals surface area contributed by atoms with Gasteiger partial charge in [0.05, 0.1) is 17.7 Å². The second kappa shape index (κ2) is 8.93. The first-order chi connectivity index (χ1) is 14.9. The molecule has 3 aromatic rings. The lowest BCUT2D eigenvalue weighted by atomic mass is 10.1. The number of halogens is 2. The number of anilines is 1. The number of para-hydroxylation sites is 1. The molecule has 0 aliphatic carbocycles. The zero-order valence-electron chi connectivity index (χ0n) is 17.4. The van der Waals surface area contributed by atoms with Crippen LogP contribution in [0.3, 0.4) is 0 Å². The number of fused-ring (bicyclic) bond motifs is 1. The molecule has 1 aliphatic rings. The fourth-order valence-electron chi connectivity index (χ4n) is 3.80. The van der Waals surface area contributed by atoms with Gasteiger partial charge in [0, 0.05) is 30.6 Å².